The highest BCUT2D eigenvalue weighted by molar-refractivity contribution is 5.95. The number of amides is 4. The Morgan fingerprint density at radius 3 is 2.43 bits per heavy atom. The average molecular weight is 399 g/mol. The number of hydrogen-bond acceptors (Lipinski definition) is 7. The summed E-state index contributed by atoms with van der Waals surface area (Å²) in [5.41, 5.74) is 5.11. The van der Waals surface area contributed by atoms with Crippen LogP contribution in [0.15, 0.2) is 0 Å². The molecule has 28 heavy (non-hydrogen) atoms. The van der Waals surface area contributed by atoms with Gasteiger partial charge in [-0.2, -0.15) is 0 Å². The molecule has 0 radical (unpaired) electrons. The summed E-state index contributed by atoms with van der Waals surface area (Å²) in [6.07, 6.45) is 1.26. The Bertz CT molecular complexity index is 607. The second-order valence-electron chi connectivity index (χ2n) is 7.21. The molecule has 0 aromatic carbocycles. The third kappa shape index (κ3) is 5.18. The van der Waals surface area contributed by atoms with Gasteiger partial charge in [0.2, 0.25) is 23.6 Å². The summed E-state index contributed by atoms with van der Waals surface area (Å²) in [6, 6.07) is -3.71. The van der Waals surface area contributed by atoms with E-state index in [-0.39, 0.29) is 12.5 Å². The van der Waals surface area contributed by atoms with Gasteiger partial charge in [0.15, 0.2) is 0 Å². The lowest BCUT2D eigenvalue weighted by molar-refractivity contribution is -0.144. The molecule has 0 spiro atoms. The number of nitrogens with zero attached hydrogens (tertiary/aromatic N) is 1. The molecule has 0 bridgehead atoms. The molecule has 2 rings (SSSR count). The number of likely N-dealkylation sites (tertiary alicyclic amines) is 1. The average Bonchev–Trinajstić information content (AvgIpc) is 3.34. The summed E-state index contributed by atoms with van der Waals surface area (Å²) in [5.74, 6) is -2.44. The van der Waals surface area contributed by atoms with Crippen LogP contribution < -0.4 is 21.7 Å². The first-order valence-electron chi connectivity index (χ1n) is 9.49. The highest BCUT2D eigenvalue weighted by atomic mass is 16.3. The van der Waals surface area contributed by atoms with E-state index in [2.05, 4.69) is 16.0 Å². The smallest absolute Gasteiger partial charge is 0.248 e. The van der Waals surface area contributed by atoms with E-state index in [9.17, 15) is 24.3 Å². The van der Waals surface area contributed by atoms with Crippen molar-refractivity contribution in [3.63, 3.8) is 0 Å². The van der Waals surface area contributed by atoms with Gasteiger partial charge in [0.25, 0.3) is 0 Å². The normalized spacial score (nSPS) is 25.0. The molecule has 11 nitrogen and oxygen atoms in total. The van der Waals surface area contributed by atoms with E-state index < -0.39 is 54.6 Å². The van der Waals surface area contributed by atoms with E-state index in [1.807, 2.05) is 0 Å². The molecule has 5 atom stereocenters. The van der Waals surface area contributed by atoms with Crippen molar-refractivity contribution in [1.82, 2.24) is 20.9 Å². The molecule has 0 aliphatic carbocycles. The number of hydrogen-bond donors (Lipinski definition) is 6. The first-order chi connectivity index (χ1) is 13.3. The van der Waals surface area contributed by atoms with E-state index in [1.54, 1.807) is 0 Å². The highest BCUT2D eigenvalue weighted by Gasteiger charge is 2.40. The van der Waals surface area contributed by atoms with Gasteiger partial charge in [0, 0.05) is 6.54 Å². The minimum Gasteiger partial charge on any atom is -0.394 e. The van der Waals surface area contributed by atoms with Crippen LogP contribution in [0.5, 0.6) is 0 Å². The summed E-state index contributed by atoms with van der Waals surface area (Å²) < 4.78 is 0. The van der Waals surface area contributed by atoms with Gasteiger partial charge in [0.1, 0.15) is 18.1 Å². The molecular weight excluding hydrogens is 370 g/mol. The third-order valence-electron chi connectivity index (χ3n) is 5.10. The van der Waals surface area contributed by atoms with Crippen LogP contribution in [0.2, 0.25) is 0 Å². The Hall–Kier alpha value is -2.24. The molecule has 2 fully saturated rings. The van der Waals surface area contributed by atoms with E-state index >= 15 is 0 Å². The van der Waals surface area contributed by atoms with Gasteiger partial charge in [-0.3, -0.25) is 19.2 Å². The molecule has 0 unspecified atom stereocenters. The maximum absolute atomic E-state index is 13.0. The zero-order valence-electron chi connectivity index (χ0n) is 15.9. The van der Waals surface area contributed by atoms with Crippen molar-refractivity contribution in [2.75, 3.05) is 19.7 Å². The SMILES string of the molecule is C[C@@H](O)[C@H](NC(=O)[C@@H]1CCCN1)C(=O)N1CCC[C@H]1C(=O)N[C@@H](CO)C(N)=O. The monoisotopic (exact) mass is 399 g/mol. The van der Waals surface area contributed by atoms with Crippen molar-refractivity contribution in [2.24, 2.45) is 5.73 Å². The van der Waals surface area contributed by atoms with Crippen LogP contribution in [-0.4, -0.2) is 88.7 Å². The van der Waals surface area contributed by atoms with Crippen LogP contribution in [0.3, 0.4) is 0 Å². The van der Waals surface area contributed by atoms with Crippen molar-refractivity contribution in [3.05, 3.63) is 0 Å². The van der Waals surface area contributed by atoms with Crippen molar-refractivity contribution in [3.8, 4) is 0 Å². The fraction of sp³-hybridized carbons (Fsp3) is 0.765. The first kappa shape index (κ1) is 22.1. The summed E-state index contributed by atoms with van der Waals surface area (Å²) in [5, 5.41) is 27.1. The molecule has 2 saturated heterocycles. The molecule has 2 aliphatic rings. The predicted molar refractivity (Wildman–Crippen MR) is 97.6 cm³/mol. The zero-order chi connectivity index (χ0) is 20.8. The molecule has 7 N–H and O–H groups in total. The van der Waals surface area contributed by atoms with Crippen LogP contribution >= 0.6 is 0 Å². The minimum atomic E-state index is -1.24. The van der Waals surface area contributed by atoms with Crippen molar-refractivity contribution < 1.29 is 29.4 Å². The number of nitrogens with two attached hydrogens (primary N) is 1. The Morgan fingerprint density at radius 2 is 1.89 bits per heavy atom. The third-order valence-corrected chi connectivity index (χ3v) is 5.10. The number of aliphatic hydroxyl groups is 2. The number of rotatable bonds is 8. The lowest BCUT2D eigenvalue weighted by Crippen LogP contribution is -2.60. The summed E-state index contributed by atoms with van der Waals surface area (Å²) >= 11 is 0. The van der Waals surface area contributed by atoms with E-state index in [1.165, 1.54) is 11.8 Å². The van der Waals surface area contributed by atoms with Crippen LogP contribution in [0, 0.1) is 0 Å². The molecule has 0 saturated carbocycles. The van der Waals surface area contributed by atoms with E-state index in [4.69, 9.17) is 10.8 Å². The molecule has 2 aliphatic heterocycles. The molecule has 11 heteroatoms. The topological polar surface area (TPSA) is 174 Å². The summed E-state index contributed by atoms with van der Waals surface area (Å²) in [4.78, 5) is 50.3. The van der Waals surface area contributed by atoms with Gasteiger partial charge in [0.05, 0.1) is 18.8 Å². The van der Waals surface area contributed by atoms with Crippen molar-refractivity contribution in [1.29, 1.82) is 0 Å². The maximum Gasteiger partial charge on any atom is 0.248 e. The van der Waals surface area contributed by atoms with Crippen LogP contribution in [-0.2, 0) is 19.2 Å². The Balaban J connectivity index is 2.06. The number of carbonyl (C=O) groups excluding carboxylic acids is 4. The number of primary amides is 1. The minimum absolute atomic E-state index is 0.276. The highest BCUT2D eigenvalue weighted by Crippen LogP contribution is 2.20. The molecule has 158 valence electrons. The largest absolute Gasteiger partial charge is 0.394 e. The van der Waals surface area contributed by atoms with Gasteiger partial charge >= 0.3 is 0 Å². The summed E-state index contributed by atoms with van der Waals surface area (Å²) in [6.45, 7) is 1.73. The number of carbonyl (C=O) groups is 4. The summed E-state index contributed by atoms with van der Waals surface area (Å²) in [7, 11) is 0. The van der Waals surface area contributed by atoms with Gasteiger partial charge in [-0.05, 0) is 39.2 Å². The standard InChI is InChI=1S/C17H29N5O6/c1-9(24)13(21-15(26)10-4-2-6-19-10)17(28)22-7-3-5-12(22)16(27)20-11(8-23)14(18)25/h9-13,19,23-24H,2-8H2,1H3,(H2,18,25)(H,20,27)(H,21,26)/t9-,10+,11+,12+,13+/m1/s1. The Kier molecular flexibility index (Phi) is 7.72. The Morgan fingerprint density at radius 1 is 1.18 bits per heavy atom. The molecular formula is C17H29N5O6. The molecule has 0 aromatic heterocycles. The molecule has 4 amide bonds. The molecule has 0 aromatic rings. The van der Waals surface area contributed by atoms with Crippen LogP contribution in [0.25, 0.3) is 0 Å². The van der Waals surface area contributed by atoms with E-state index in [0.717, 1.165) is 6.42 Å². The second kappa shape index (κ2) is 9.80. The van der Waals surface area contributed by atoms with Crippen molar-refractivity contribution in [2.45, 2.75) is 62.9 Å². The van der Waals surface area contributed by atoms with E-state index in [0.29, 0.717) is 25.8 Å². The molecule has 2 heterocycles. The zero-order valence-corrected chi connectivity index (χ0v) is 15.9. The van der Waals surface area contributed by atoms with Gasteiger partial charge < -0.3 is 36.8 Å². The number of nitrogens with one attached hydrogen (secondary N) is 3. The lowest BCUT2D eigenvalue weighted by atomic mass is 10.1. The van der Waals surface area contributed by atoms with Gasteiger partial charge in [-0.1, -0.05) is 0 Å². The lowest BCUT2D eigenvalue weighted by Gasteiger charge is -2.31. The van der Waals surface area contributed by atoms with Crippen LogP contribution in [0.1, 0.15) is 32.6 Å². The fourth-order valence-corrected chi connectivity index (χ4v) is 3.51. The van der Waals surface area contributed by atoms with Gasteiger partial charge in [-0.15, -0.1) is 0 Å². The predicted octanol–water partition coefficient (Wildman–Crippen LogP) is -3.44. The quantitative estimate of drug-likeness (QED) is 0.246. The van der Waals surface area contributed by atoms with Crippen molar-refractivity contribution >= 4 is 23.6 Å². The number of aliphatic hydroxyl groups excluding tert-OH is 2. The van der Waals surface area contributed by atoms with Gasteiger partial charge in [-0.25, -0.2) is 0 Å². The second-order valence-corrected chi connectivity index (χ2v) is 7.21. The fourth-order valence-electron chi connectivity index (χ4n) is 3.51. The maximum atomic E-state index is 13.0. The van der Waals surface area contributed by atoms with Crippen LogP contribution in [0.4, 0.5) is 0 Å². The first-order valence-corrected chi connectivity index (χ1v) is 9.49. The Labute approximate surface area is 163 Å².